The minimum Gasteiger partial charge on any atom is -0.309 e. The van der Waals surface area contributed by atoms with E-state index in [0.717, 1.165) is 6.42 Å². The van der Waals surface area contributed by atoms with Crippen molar-refractivity contribution < 1.29 is 0 Å². The summed E-state index contributed by atoms with van der Waals surface area (Å²) in [7, 11) is 0. The Labute approximate surface area is 286 Å². The monoisotopic (exact) mass is 633 g/mol. The molecule has 0 radical (unpaired) electrons. The largest absolute Gasteiger partial charge is 0.309 e. The molecular formula is C46H35NS. The molecule has 0 aliphatic heterocycles. The molecule has 10 rings (SSSR count). The molecule has 2 aliphatic rings. The van der Waals surface area contributed by atoms with Crippen molar-refractivity contribution in [3.8, 4) is 16.8 Å². The van der Waals surface area contributed by atoms with Crippen molar-refractivity contribution in [2.75, 3.05) is 0 Å². The van der Waals surface area contributed by atoms with Gasteiger partial charge in [0, 0.05) is 27.4 Å². The van der Waals surface area contributed by atoms with E-state index >= 15 is 0 Å². The molecule has 0 amide bonds. The van der Waals surface area contributed by atoms with Crippen LogP contribution in [0, 0.1) is 5.92 Å². The Kier molecular flexibility index (Phi) is 5.82. The number of aromatic nitrogens is 1. The molecule has 1 aromatic heterocycles. The number of benzene rings is 7. The van der Waals surface area contributed by atoms with Crippen LogP contribution >= 0.6 is 12.6 Å². The maximum atomic E-state index is 5.02. The van der Waals surface area contributed by atoms with Crippen LogP contribution in [0.3, 0.4) is 0 Å². The molecule has 0 fully saturated rings. The van der Waals surface area contributed by atoms with Gasteiger partial charge in [0.1, 0.15) is 0 Å². The maximum absolute atomic E-state index is 5.02. The van der Waals surface area contributed by atoms with Crippen LogP contribution in [0.25, 0.3) is 76.5 Å². The lowest BCUT2D eigenvalue weighted by Gasteiger charge is -2.22. The lowest BCUT2D eigenvalue weighted by molar-refractivity contribution is 0.660. The Hall–Kier alpha value is -5.05. The molecule has 0 N–H and O–H groups in total. The molecule has 1 atom stereocenters. The third-order valence-corrected chi connectivity index (χ3v) is 12.0. The molecule has 0 saturated carbocycles. The normalized spacial score (nSPS) is 16.9. The summed E-state index contributed by atoms with van der Waals surface area (Å²) >= 11 is 5.02. The minimum atomic E-state index is -0.120. The minimum absolute atomic E-state index is 0.120. The summed E-state index contributed by atoms with van der Waals surface area (Å²) in [5.74, 6) is 0.431. The molecule has 2 heteroatoms. The fourth-order valence-electron chi connectivity index (χ4n) is 8.86. The first kappa shape index (κ1) is 28.0. The average Bonchev–Trinajstić information content (AvgIpc) is 3.58. The van der Waals surface area contributed by atoms with Gasteiger partial charge in [0.15, 0.2) is 0 Å². The van der Waals surface area contributed by atoms with Gasteiger partial charge in [-0.1, -0.05) is 130 Å². The summed E-state index contributed by atoms with van der Waals surface area (Å²) in [5.41, 5.74) is 11.5. The van der Waals surface area contributed by atoms with E-state index in [1.807, 2.05) is 0 Å². The topological polar surface area (TPSA) is 4.93 Å². The SMILES string of the molecule is CC1CC=CC(c2ccc3c(c2)-c2c(ccc4c5ccccc5n(-c5ccc6c7ccccc7c7ccccc7c6c5)c24)C3(C)C)=C1S. The molecule has 48 heavy (non-hydrogen) atoms. The molecule has 2 aliphatic carbocycles. The molecule has 1 nitrogen and oxygen atoms in total. The predicted octanol–water partition coefficient (Wildman–Crippen LogP) is 12.8. The summed E-state index contributed by atoms with van der Waals surface area (Å²) in [4.78, 5) is 1.18. The molecular weight excluding hydrogens is 599 g/mol. The van der Waals surface area contributed by atoms with Crippen LogP contribution in [0.15, 0.2) is 138 Å². The van der Waals surface area contributed by atoms with Crippen LogP contribution in [0.5, 0.6) is 0 Å². The van der Waals surface area contributed by atoms with E-state index < -0.39 is 0 Å². The fraction of sp³-hybridized carbons (Fsp3) is 0.130. The van der Waals surface area contributed by atoms with Crippen molar-refractivity contribution in [3.63, 3.8) is 0 Å². The van der Waals surface area contributed by atoms with Crippen molar-refractivity contribution in [3.05, 3.63) is 155 Å². The van der Waals surface area contributed by atoms with E-state index in [1.165, 1.54) is 98.1 Å². The first-order valence-corrected chi connectivity index (χ1v) is 17.5. The van der Waals surface area contributed by atoms with Crippen LogP contribution in [0.4, 0.5) is 0 Å². The van der Waals surface area contributed by atoms with Crippen LogP contribution in [-0.4, -0.2) is 4.57 Å². The highest BCUT2D eigenvalue weighted by atomic mass is 32.1. The second kappa shape index (κ2) is 9.98. The van der Waals surface area contributed by atoms with Crippen molar-refractivity contribution in [1.29, 1.82) is 0 Å². The number of thiol groups is 1. The summed E-state index contributed by atoms with van der Waals surface area (Å²) in [6, 6.07) is 45.6. The summed E-state index contributed by atoms with van der Waals surface area (Å²) in [6.45, 7) is 7.04. The van der Waals surface area contributed by atoms with Crippen LogP contribution in [0.2, 0.25) is 0 Å². The molecule has 8 aromatic rings. The van der Waals surface area contributed by atoms with Gasteiger partial charge < -0.3 is 4.57 Å². The number of hydrogen-bond acceptors (Lipinski definition) is 1. The number of hydrogen-bond donors (Lipinski definition) is 1. The lowest BCUT2D eigenvalue weighted by Crippen LogP contribution is -2.15. The first-order chi connectivity index (χ1) is 23.4. The smallest absolute Gasteiger partial charge is 0.0622 e. The van der Waals surface area contributed by atoms with Gasteiger partial charge in [-0.25, -0.2) is 0 Å². The highest BCUT2D eigenvalue weighted by molar-refractivity contribution is 7.84. The van der Waals surface area contributed by atoms with Gasteiger partial charge in [0.25, 0.3) is 0 Å². The highest BCUT2D eigenvalue weighted by Crippen LogP contribution is 2.54. The van der Waals surface area contributed by atoms with Crippen molar-refractivity contribution >= 4 is 72.3 Å². The zero-order valence-electron chi connectivity index (χ0n) is 27.4. The number of fused-ring (bicyclic) bond motifs is 13. The Morgan fingerprint density at radius 1 is 0.625 bits per heavy atom. The van der Waals surface area contributed by atoms with Gasteiger partial charge in [-0.2, -0.15) is 0 Å². The fourth-order valence-corrected chi connectivity index (χ4v) is 9.17. The van der Waals surface area contributed by atoms with Gasteiger partial charge >= 0.3 is 0 Å². The second-order valence-corrected chi connectivity index (χ2v) is 14.8. The molecule has 230 valence electrons. The number of rotatable bonds is 2. The molecule has 0 spiro atoms. The molecule has 1 unspecified atom stereocenters. The van der Waals surface area contributed by atoms with Crippen molar-refractivity contribution in [2.45, 2.75) is 32.6 Å². The Balaban J connectivity index is 1.32. The maximum Gasteiger partial charge on any atom is 0.0622 e. The third-order valence-electron chi connectivity index (χ3n) is 11.3. The van der Waals surface area contributed by atoms with Gasteiger partial charge in [-0.15, -0.1) is 12.6 Å². The average molecular weight is 634 g/mol. The summed E-state index contributed by atoms with van der Waals surface area (Å²) < 4.78 is 2.54. The zero-order chi connectivity index (χ0) is 32.3. The Morgan fingerprint density at radius 2 is 1.23 bits per heavy atom. The van der Waals surface area contributed by atoms with E-state index in [4.69, 9.17) is 12.6 Å². The van der Waals surface area contributed by atoms with E-state index in [0.29, 0.717) is 5.92 Å². The summed E-state index contributed by atoms with van der Waals surface area (Å²) in [6.07, 6.45) is 5.61. The molecule has 7 aromatic carbocycles. The molecule has 0 bridgehead atoms. The third kappa shape index (κ3) is 3.70. The number of para-hydroxylation sites is 1. The Bertz CT molecular complexity index is 2720. The van der Waals surface area contributed by atoms with Crippen LogP contribution in [0.1, 0.15) is 43.9 Å². The highest BCUT2D eigenvalue weighted by Gasteiger charge is 2.38. The van der Waals surface area contributed by atoms with E-state index in [9.17, 15) is 0 Å². The van der Waals surface area contributed by atoms with E-state index in [1.54, 1.807) is 0 Å². The first-order valence-electron chi connectivity index (χ1n) is 17.1. The number of nitrogens with zero attached hydrogens (tertiary/aromatic N) is 1. The van der Waals surface area contributed by atoms with Crippen LogP contribution < -0.4 is 0 Å². The quantitative estimate of drug-likeness (QED) is 0.143. The number of allylic oxidation sites excluding steroid dienone is 4. The van der Waals surface area contributed by atoms with E-state index in [-0.39, 0.29) is 5.41 Å². The summed E-state index contributed by atoms with van der Waals surface area (Å²) in [5, 5.41) is 10.4. The zero-order valence-corrected chi connectivity index (χ0v) is 28.3. The second-order valence-electron chi connectivity index (χ2n) is 14.3. The van der Waals surface area contributed by atoms with E-state index in [2.05, 4.69) is 159 Å². The standard InChI is InChI=1S/C46H35NS/c1-27-11-10-17-30(45(27)48)28-19-23-40-39(25-28)43-41(46(40,2)3)24-22-37-36-16-8-9-18-42(36)47(44(37)43)29-20-21-35-33-14-5-4-12-31(33)32-13-6-7-15-34(32)38(35)26-29/h4-10,12-27,48H,11H2,1-3H3. The van der Waals surface area contributed by atoms with Crippen molar-refractivity contribution in [2.24, 2.45) is 5.92 Å². The van der Waals surface area contributed by atoms with Gasteiger partial charge in [-0.05, 0) is 102 Å². The van der Waals surface area contributed by atoms with Crippen LogP contribution in [-0.2, 0) is 5.41 Å². The van der Waals surface area contributed by atoms with Gasteiger partial charge in [-0.3, -0.25) is 0 Å². The molecule has 0 saturated heterocycles. The predicted molar refractivity (Wildman–Crippen MR) is 210 cm³/mol. The van der Waals surface area contributed by atoms with Crippen molar-refractivity contribution in [1.82, 2.24) is 4.57 Å². The van der Waals surface area contributed by atoms with Gasteiger partial charge in [0.2, 0.25) is 0 Å². The molecule has 1 heterocycles. The Morgan fingerprint density at radius 3 is 1.96 bits per heavy atom. The van der Waals surface area contributed by atoms with Gasteiger partial charge in [0.05, 0.1) is 11.0 Å². The lowest BCUT2D eigenvalue weighted by atomic mass is 9.82.